The van der Waals surface area contributed by atoms with Crippen molar-refractivity contribution < 1.29 is 9.72 Å². The summed E-state index contributed by atoms with van der Waals surface area (Å²) < 4.78 is 2.78. The zero-order valence-electron chi connectivity index (χ0n) is 18.7. The number of amides is 1. The normalized spacial score (nSPS) is 12.3. The van der Waals surface area contributed by atoms with Gasteiger partial charge in [-0.3, -0.25) is 4.79 Å². The van der Waals surface area contributed by atoms with Crippen LogP contribution in [0.25, 0.3) is 0 Å². The summed E-state index contributed by atoms with van der Waals surface area (Å²) in [7, 11) is 0. The highest BCUT2D eigenvalue weighted by molar-refractivity contribution is 5.92. The van der Waals surface area contributed by atoms with Crippen LogP contribution in [0.3, 0.4) is 0 Å². The fourth-order valence-electron chi connectivity index (χ4n) is 3.34. The highest BCUT2D eigenvalue weighted by Crippen LogP contribution is 2.05. The molecule has 2 heterocycles. The average molecular weight is 435 g/mol. The van der Waals surface area contributed by atoms with E-state index in [-0.39, 0.29) is 18.6 Å². The Balaban J connectivity index is 1.86. The van der Waals surface area contributed by atoms with E-state index in [4.69, 9.17) is 0 Å². The molecule has 0 radical (unpaired) electrons. The van der Waals surface area contributed by atoms with Crippen LogP contribution in [0, 0.1) is 10.1 Å². The summed E-state index contributed by atoms with van der Waals surface area (Å²) in [5, 5.41) is 21.7. The first-order valence-electron chi connectivity index (χ1n) is 11.0. The molecule has 11 heteroatoms. The van der Waals surface area contributed by atoms with Crippen LogP contribution in [0.4, 0.5) is 5.95 Å². The molecule has 0 aliphatic heterocycles. The van der Waals surface area contributed by atoms with Gasteiger partial charge in [0.2, 0.25) is 6.33 Å². The second-order valence-electron chi connectivity index (χ2n) is 7.81. The van der Waals surface area contributed by atoms with Crippen LogP contribution in [0.5, 0.6) is 0 Å². The third-order valence-corrected chi connectivity index (χ3v) is 4.92. The van der Waals surface area contributed by atoms with E-state index in [0.717, 1.165) is 19.6 Å². The molecule has 11 nitrogen and oxygen atoms in total. The Morgan fingerprint density at radius 2 is 1.84 bits per heavy atom. The molecule has 0 bridgehead atoms. The summed E-state index contributed by atoms with van der Waals surface area (Å²) in [6, 6.07) is 1.62. The van der Waals surface area contributed by atoms with E-state index in [1.807, 2.05) is 6.92 Å². The van der Waals surface area contributed by atoms with Crippen LogP contribution in [0.15, 0.2) is 18.6 Å². The maximum Gasteiger partial charge on any atom is 0.491 e. The summed E-state index contributed by atoms with van der Waals surface area (Å²) in [4.78, 5) is 28.6. The SMILES string of the molecule is CCCCCN(CCCCC)CC(C)NC(=O)c1ccn(Cn2cnc([N+](=O)[O-])n2)n1. The number of carbonyl (C=O) groups excluding carboxylic acids is 1. The molecule has 1 amide bonds. The van der Waals surface area contributed by atoms with Crippen LogP contribution >= 0.6 is 0 Å². The average Bonchev–Trinajstić information content (AvgIpc) is 3.38. The second kappa shape index (κ2) is 12.8. The first-order chi connectivity index (χ1) is 14.9. The summed E-state index contributed by atoms with van der Waals surface area (Å²) in [6.45, 7) is 9.46. The number of rotatable bonds is 15. The van der Waals surface area contributed by atoms with E-state index in [0.29, 0.717) is 5.69 Å². The van der Waals surface area contributed by atoms with Gasteiger partial charge in [-0.1, -0.05) is 44.5 Å². The Kier molecular flexibility index (Phi) is 10.1. The van der Waals surface area contributed by atoms with Crippen LogP contribution < -0.4 is 5.32 Å². The van der Waals surface area contributed by atoms with Gasteiger partial charge in [0.25, 0.3) is 5.91 Å². The van der Waals surface area contributed by atoms with Gasteiger partial charge < -0.3 is 20.3 Å². The minimum atomic E-state index is -0.659. The molecular formula is C20H34N8O3. The number of carbonyl (C=O) groups is 1. The van der Waals surface area contributed by atoms with Crippen molar-refractivity contribution in [2.75, 3.05) is 19.6 Å². The van der Waals surface area contributed by atoms with Gasteiger partial charge in [0, 0.05) is 23.9 Å². The zero-order chi connectivity index (χ0) is 22.6. The van der Waals surface area contributed by atoms with Gasteiger partial charge in [-0.25, -0.2) is 4.68 Å². The van der Waals surface area contributed by atoms with Crippen molar-refractivity contribution in [2.24, 2.45) is 0 Å². The molecule has 31 heavy (non-hydrogen) atoms. The lowest BCUT2D eigenvalue weighted by atomic mass is 10.2. The number of hydrogen-bond acceptors (Lipinski definition) is 7. The van der Waals surface area contributed by atoms with Gasteiger partial charge >= 0.3 is 5.95 Å². The van der Waals surface area contributed by atoms with Gasteiger partial charge in [0.05, 0.1) is 0 Å². The van der Waals surface area contributed by atoms with Crippen LogP contribution in [-0.2, 0) is 6.67 Å². The van der Waals surface area contributed by atoms with Gasteiger partial charge in [-0.2, -0.15) is 9.78 Å². The molecule has 0 aliphatic carbocycles. The Morgan fingerprint density at radius 1 is 1.16 bits per heavy atom. The molecule has 0 spiro atoms. The number of nitro groups is 1. The maximum atomic E-state index is 12.6. The van der Waals surface area contributed by atoms with Crippen molar-refractivity contribution in [3.05, 3.63) is 34.4 Å². The molecule has 1 atom stereocenters. The predicted molar refractivity (Wildman–Crippen MR) is 117 cm³/mol. The van der Waals surface area contributed by atoms with Gasteiger partial charge in [-0.05, 0) is 43.8 Å². The highest BCUT2D eigenvalue weighted by Gasteiger charge is 2.17. The first-order valence-corrected chi connectivity index (χ1v) is 11.0. The Labute approximate surface area is 183 Å². The standard InChI is InChI=1S/C20H34N8O3/c1-4-6-8-11-25(12-9-7-5-2)14-17(3)22-19(29)18-10-13-26(23-18)16-27-15-21-20(24-27)28(30)31/h10,13,15,17H,4-9,11-12,14,16H2,1-3H3,(H,22,29). The maximum absolute atomic E-state index is 12.6. The topological polar surface area (TPSA) is 124 Å². The Morgan fingerprint density at radius 3 is 2.42 bits per heavy atom. The molecule has 2 aromatic rings. The van der Waals surface area contributed by atoms with E-state index in [1.165, 1.54) is 54.2 Å². The monoisotopic (exact) mass is 434 g/mol. The van der Waals surface area contributed by atoms with Crippen molar-refractivity contribution in [1.29, 1.82) is 0 Å². The van der Waals surface area contributed by atoms with Crippen LogP contribution in [0.2, 0.25) is 0 Å². The van der Waals surface area contributed by atoms with Crippen molar-refractivity contribution in [3.8, 4) is 0 Å². The molecule has 0 fully saturated rings. The molecule has 1 N–H and O–H groups in total. The smallest absolute Gasteiger partial charge is 0.390 e. The fraction of sp³-hybridized carbons (Fsp3) is 0.700. The predicted octanol–water partition coefficient (Wildman–Crippen LogP) is 2.69. The van der Waals surface area contributed by atoms with Crippen molar-refractivity contribution in [2.45, 2.75) is 72.0 Å². The number of aromatic nitrogens is 5. The second-order valence-corrected chi connectivity index (χ2v) is 7.81. The molecule has 0 saturated heterocycles. The van der Waals surface area contributed by atoms with Gasteiger partial charge in [0.1, 0.15) is 5.69 Å². The molecule has 172 valence electrons. The van der Waals surface area contributed by atoms with Gasteiger partial charge in [0.15, 0.2) is 6.67 Å². The van der Waals surface area contributed by atoms with E-state index in [1.54, 1.807) is 12.3 Å². The Bertz CT molecular complexity index is 809. The third-order valence-electron chi connectivity index (χ3n) is 4.92. The third kappa shape index (κ3) is 8.44. The number of nitrogens with zero attached hydrogens (tertiary/aromatic N) is 7. The van der Waals surface area contributed by atoms with E-state index in [9.17, 15) is 14.9 Å². The Hall–Kier alpha value is -2.82. The lowest BCUT2D eigenvalue weighted by molar-refractivity contribution is -0.394. The minimum absolute atomic E-state index is 0.00105. The summed E-state index contributed by atoms with van der Waals surface area (Å²) >= 11 is 0. The zero-order valence-corrected chi connectivity index (χ0v) is 18.7. The quantitative estimate of drug-likeness (QED) is 0.260. The van der Waals surface area contributed by atoms with Crippen molar-refractivity contribution >= 4 is 11.9 Å². The molecule has 1 unspecified atom stereocenters. The van der Waals surface area contributed by atoms with Crippen LogP contribution in [0.1, 0.15) is 69.8 Å². The molecule has 2 aromatic heterocycles. The van der Waals surface area contributed by atoms with E-state index < -0.39 is 10.9 Å². The number of unbranched alkanes of at least 4 members (excludes halogenated alkanes) is 4. The summed E-state index contributed by atoms with van der Waals surface area (Å²) in [6.07, 6.45) is 10.1. The van der Waals surface area contributed by atoms with Crippen molar-refractivity contribution in [1.82, 2.24) is 34.8 Å². The first kappa shape index (κ1) is 24.4. The fourth-order valence-corrected chi connectivity index (χ4v) is 3.34. The molecule has 2 rings (SSSR count). The van der Waals surface area contributed by atoms with E-state index in [2.05, 4.69) is 39.2 Å². The van der Waals surface area contributed by atoms with Crippen molar-refractivity contribution in [3.63, 3.8) is 0 Å². The summed E-state index contributed by atoms with van der Waals surface area (Å²) in [5.41, 5.74) is 0.296. The lowest BCUT2D eigenvalue weighted by Gasteiger charge is -2.26. The van der Waals surface area contributed by atoms with E-state index >= 15 is 0 Å². The largest absolute Gasteiger partial charge is 0.491 e. The minimum Gasteiger partial charge on any atom is -0.390 e. The lowest BCUT2D eigenvalue weighted by Crippen LogP contribution is -2.42. The highest BCUT2D eigenvalue weighted by atomic mass is 16.6. The summed E-state index contributed by atoms with van der Waals surface area (Å²) in [5.74, 6) is -0.709. The molecule has 0 aromatic carbocycles. The number of hydrogen-bond donors (Lipinski definition) is 1. The van der Waals surface area contributed by atoms with Gasteiger partial charge in [-0.15, -0.1) is 0 Å². The number of nitrogens with one attached hydrogen (secondary N) is 1. The molecular weight excluding hydrogens is 400 g/mol. The molecule has 0 saturated carbocycles. The van der Waals surface area contributed by atoms with Crippen LogP contribution in [-0.4, -0.2) is 66.0 Å². The molecule has 0 aliphatic rings.